The van der Waals surface area contributed by atoms with Crippen molar-refractivity contribution in [2.24, 2.45) is 0 Å². The highest BCUT2D eigenvalue weighted by Crippen LogP contribution is 2.25. The average Bonchev–Trinajstić information content (AvgIpc) is 3.11. The van der Waals surface area contributed by atoms with Crippen molar-refractivity contribution in [3.8, 4) is 5.69 Å². The Hall–Kier alpha value is -2.58. The fourth-order valence-corrected chi connectivity index (χ4v) is 3.26. The van der Waals surface area contributed by atoms with E-state index in [0.29, 0.717) is 22.5 Å². The molecule has 1 heterocycles. The molecular weight excluding hydrogens is 416 g/mol. The highest BCUT2D eigenvalue weighted by atomic mass is 79.9. The Balaban J connectivity index is 1.82. The Morgan fingerprint density at radius 2 is 2.00 bits per heavy atom. The molecule has 3 rings (SSSR count). The average molecular weight is 431 g/mol. The third-order valence-corrected chi connectivity index (χ3v) is 4.43. The first-order valence-corrected chi connectivity index (χ1v) is 9.62. The number of aldehydes is 1. The summed E-state index contributed by atoms with van der Waals surface area (Å²) in [7, 11) is 0. The smallest absolute Gasteiger partial charge is 0.258 e. The number of anilines is 2. The zero-order chi connectivity index (χ0) is 18.5. The number of nitrogens with zero attached hydrogens (tertiary/aromatic N) is 2. The molecule has 6 nitrogen and oxygen atoms in total. The Morgan fingerprint density at radius 3 is 2.77 bits per heavy atom. The van der Waals surface area contributed by atoms with Crippen LogP contribution in [0.3, 0.4) is 0 Å². The first-order chi connectivity index (χ1) is 12.6. The Bertz CT molecular complexity index is 958. The maximum Gasteiger partial charge on any atom is 0.258 e. The number of rotatable bonds is 6. The van der Waals surface area contributed by atoms with Crippen molar-refractivity contribution in [3.05, 3.63) is 70.5 Å². The van der Waals surface area contributed by atoms with E-state index in [2.05, 4.69) is 31.1 Å². The molecule has 0 unspecified atom stereocenters. The van der Waals surface area contributed by atoms with Crippen LogP contribution in [0.4, 0.5) is 11.4 Å². The van der Waals surface area contributed by atoms with Gasteiger partial charge in [0.2, 0.25) is 0 Å². The molecule has 3 aromatic rings. The fraction of sp³-hybridized carbons (Fsp3) is 0.0556. The van der Waals surface area contributed by atoms with Gasteiger partial charge in [0.25, 0.3) is 5.91 Å². The van der Waals surface area contributed by atoms with Crippen molar-refractivity contribution in [3.63, 3.8) is 0 Å². The van der Waals surface area contributed by atoms with Crippen LogP contribution < -0.4 is 10.0 Å². The van der Waals surface area contributed by atoms with Crippen LogP contribution in [0.5, 0.6) is 0 Å². The lowest BCUT2D eigenvalue weighted by Crippen LogP contribution is -2.11. The van der Waals surface area contributed by atoms with Gasteiger partial charge in [0.1, 0.15) is 0 Å². The number of amides is 1. The number of hydrogen-bond donors (Lipinski definition) is 2. The molecule has 0 saturated carbocycles. The van der Waals surface area contributed by atoms with Crippen LogP contribution in [0.1, 0.15) is 20.7 Å². The van der Waals surface area contributed by atoms with E-state index in [1.807, 2.05) is 30.5 Å². The van der Waals surface area contributed by atoms with Crippen LogP contribution in [0, 0.1) is 0 Å². The Labute approximate surface area is 163 Å². The lowest BCUT2D eigenvalue weighted by Gasteiger charge is -2.08. The van der Waals surface area contributed by atoms with Gasteiger partial charge >= 0.3 is 0 Å². The number of para-hydroxylation sites is 1. The summed E-state index contributed by atoms with van der Waals surface area (Å²) in [6.45, 7) is 0. The van der Waals surface area contributed by atoms with E-state index in [9.17, 15) is 9.59 Å². The van der Waals surface area contributed by atoms with Gasteiger partial charge in [-0.15, -0.1) is 0 Å². The summed E-state index contributed by atoms with van der Waals surface area (Å²) in [4.78, 5) is 23.7. The van der Waals surface area contributed by atoms with Crippen LogP contribution in [-0.4, -0.2) is 28.2 Å². The lowest BCUT2D eigenvalue weighted by molar-refractivity contribution is 0.102. The molecule has 0 fully saturated rings. The van der Waals surface area contributed by atoms with Gasteiger partial charge < -0.3 is 10.0 Å². The second-order valence-corrected chi connectivity index (χ2v) is 6.87. The molecule has 0 radical (unpaired) electrons. The van der Waals surface area contributed by atoms with Crippen molar-refractivity contribution in [2.75, 3.05) is 16.3 Å². The van der Waals surface area contributed by atoms with E-state index < -0.39 is 0 Å². The highest BCUT2D eigenvalue weighted by Gasteiger charge is 2.12. The minimum atomic E-state index is -0.284. The SMILES string of the molecule is CSNc1cc(Br)cc(NC(=O)c2cnn(-c3ccccc3C=O)c2)c1. The molecule has 132 valence electrons. The largest absolute Gasteiger partial charge is 0.330 e. The first-order valence-electron chi connectivity index (χ1n) is 7.61. The third-order valence-electron chi connectivity index (χ3n) is 3.53. The number of halogens is 1. The van der Waals surface area contributed by atoms with Gasteiger partial charge in [0.15, 0.2) is 6.29 Å². The summed E-state index contributed by atoms with van der Waals surface area (Å²) < 4.78 is 5.49. The summed E-state index contributed by atoms with van der Waals surface area (Å²) in [6.07, 6.45) is 5.75. The number of benzene rings is 2. The maximum absolute atomic E-state index is 12.5. The molecule has 2 N–H and O–H groups in total. The van der Waals surface area contributed by atoms with E-state index in [1.54, 1.807) is 24.4 Å². The third kappa shape index (κ3) is 4.14. The molecule has 26 heavy (non-hydrogen) atoms. The van der Waals surface area contributed by atoms with Crippen LogP contribution in [0.25, 0.3) is 5.69 Å². The van der Waals surface area contributed by atoms with Gasteiger partial charge in [0, 0.05) is 33.9 Å². The van der Waals surface area contributed by atoms with E-state index >= 15 is 0 Å². The minimum Gasteiger partial charge on any atom is -0.330 e. The predicted octanol–water partition coefficient (Wildman–Crippen LogP) is 4.39. The maximum atomic E-state index is 12.5. The molecule has 1 amide bonds. The van der Waals surface area contributed by atoms with Crippen LogP contribution in [0.2, 0.25) is 0 Å². The van der Waals surface area contributed by atoms with Crippen molar-refractivity contribution in [2.45, 2.75) is 0 Å². The Kier molecular flexibility index (Phi) is 5.75. The standard InChI is InChI=1S/C18H15BrN4O2S/c1-26-22-16-7-14(19)6-15(8-16)21-18(25)13-9-20-23(10-13)17-5-3-2-4-12(17)11-24/h2-11,22H,1H3,(H,21,25). The second-order valence-electron chi connectivity index (χ2n) is 5.34. The number of nitrogens with one attached hydrogen (secondary N) is 2. The van der Waals surface area contributed by atoms with Gasteiger partial charge in [-0.25, -0.2) is 4.68 Å². The fourth-order valence-electron chi connectivity index (χ4n) is 2.41. The molecule has 0 aliphatic heterocycles. The molecule has 0 spiro atoms. The summed E-state index contributed by atoms with van der Waals surface area (Å²) in [5, 5.41) is 7.04. The molecule has 0 aliphatic carbocycles. The predicted molar refractivity (Wildman–Crippen MR) is 108 cm³/mol. The summed E-state index contributed by atoms with van der Waals surface area (Å²) in [5.74, 6) is -0.284. The quantitative estimate of drug-likeness (QED) is 0.447. The van der Waals surface area contributed by atoms with Crippen LogP contribution in [0.15, 0.2) is 59.3 Å². The zero-order valence-electron chi connectivity index (χ0n) is 13.8. The molecule has 0 saturated heterocycles. The molecular formula is C18H15BrN4O2S. The Morgan fingerprint density at radius 1 is 1.23 bits per heavy atom. The van der Waals surface area contributed by atoms with Gasteiger partial charge in [0.05, 0.1) is 17.4 Å². The molecule has 1 aromatic heterocycles. The molecule has 2 aromatic carbocycles. The minimum absolute atomic E-state index is 0.284. The normalized spacial score (nSPS) is 10.4. The monoisotopic (exact) mass is 430 g/mol. The van der Waals surface area contributed by atoms with Crippen molar-refractivity contribution < 1.29 is 9.59 Å². The molecule has 0 aliphatic rings. The van der Waals surface area contributed by atoms with E-state index in [0.717, 1.165) is 16.4 Å². The number of aromatic nitrogens is 2. The van der Waals surface area contributed by atoms with Gasteiger partial charge in [-0.05, 0) is 30.3 Å². The number of hydrogen-bond acceptors (Lipinski definition) is 5. The van der Waals surface area contributed by atoms with Gasteiger partial charge in [-0.1, -0.05) is 40.0 Å². The molecule has 0 atom stereocenters. The number of carbonyl (C=O) groups excluding carboxylic acids is 2. The van der Waals surface area contributed by atoms with E-state index in [1.165, 1.54) is 22.8 Å². The zero-order valence-corrected chi connectivity index (χ0v) is 16.2. The first kappa shape index (κ1) is 18.2. The summed E-state index contributed by atoms with van der Waals surface area (Å²) in [6, 6.07) is 12.6. The number of carbonyl (C=O) groups is 2. The van der Waals surface area contributed by atoms with Crippen molar-refractivity contribution >= 4 is 51.4 Å². The topological polar surface area (TPSA) is 76.0 Å². The van der Waals surface area contributed by atoms with E-state index in [4.69, 9.17) is 0 Å². The second kappa shape index (κ2) is 8.20. The molecule has 8 heteroatoms. The lowest BCUT2D eigenvalue weighted by atomic mass is 10.2. The van der Waals surface area contributed by atoms with Crippen molar-refractivity contribution in [1.82, 2.24) is 9.78 Å². The van der Waals surface area contributed by atoms with Crippen LogP contribution >= 0.6 is 27.9 Å². The van der Waals surface area contributed by atoms with Crippen LogP contribution in [-0.2, 0) is 0 Å². The van der Waals surface area contributed by atoms with E-state index in [-0.39, 0.29) is 5.91 Å². The molecule has 0 bridgehead atoms. The van der Waals surface area contributed by atoms with Gasteiger partial charge in [-0.2, -0.15) is 5.10 Å². The highest BCUT2D eigenvalue weighted by molar-refractivity contribution is 9.10. The van der Waals surface area contributed by atoms with Crippen molar-refractivity contribution in [1.29, 1.82) is 0 Å². The van der Waals surface area contributed by atoms with Gasteiger partial charge in [-0.3, -0.25) is 9.59 Å². The summed E-state index contributed by atoms with van der Waals surface area (Å²) >= 11 is 4.90. The summed E-state index contributed by atoms with van der Waals surface area (Å²) in [5.41, 5.74) is 3.04.